The van der Waals surface area contributed by atoms with E-state index in [0.717, 1.165) is 37.8 Å². The van der Waals surface area contributed by atoms with Gasteiger partial charge in [0.15, 0.2) is 9.84 Å². The molecule has 0 radical (unpaired) electrons. The van der Waals surface area contributed by atoms with Crippen molar-refractivity contribution in [2.45, 2.75) is 42.3 Å². The molecule has 4 rings (SSSR count). The molecule has 29 heavy (non-hydrogen) atoms. The minimum Gasteiger partial charge on any atom is -0.484 e. The van der Waals surface area contributed by atoms with Crippen LogP contribution in [0.25, 0.3) is 0 Å². The lowest BCUT2D eigenvalue weighted by Gasteiger charge is -2.38. The minimum atomic E-state index is -3.29. The van der Waals surface area contributed by atoms with Gasteiger partial charge in [-0.15, -0.1) is 0 Å². The van der Waals surface area contributed by atoms with Crippen LogP contribution in [0.4, 0.5) is 4.39 Å². The fourth-order valence-corrected chi connectivity index (χ4v) is 5.18. The number of fused-ring (bicyclic) bond motifs is 1. The number of halogens is 2. The van der Waals surface area contributed by atoms with Crippen LogP contribution in [0, 0.1) is 5.82 Å². The molecule has 3 atom stereocenters. The Balaban J connectivity index is 1.67. The summed E-state index contributed by atoms with van der Waals surface area (Å²) in [5, 5.41) is 0.332. The molecule has 0 aromatic heterocycles. The van der Waals surface area contributed by atoms with Crippen molar-refractivity contribution in [3.05, 3.63) is 58.4 Å². The zero-order valence-corrected chi connectivity index (χ0v) is 17.7. The van der Waals surface area contributed by atoms with E-state index in [4.69, 9.17) is 22.1 Å². The highest BCUT2D eigenvalue weighted by atomic mass is 35.5. The molecule has 2 aliphatic rings. The number of sulfone groups is 1. The lowest BCUT2D eigenvalue weighted by Crippen LogP contribution is -2.49. The highest BCUT2D eigenvalue weighted by Gasteiger charge is 2.41. The van der Waals surface area contributed by atoms with Gasteiger partial charge < -0.3 is 10.5 Å². The van der Waals surface area contributed by atoms with Crippen LogP contribution < -0.4 is 10.5 Å². The SMILES string of the molecule is CS(=O)(=O)c1ccc(O[C@@H]2c3cc(Cl)cc(F)c3C[C@H]2N2CCC[C@@H](N)C2)cc1. The molecular formula is C21H24ClFN2O3S. The summed E-state index contributed by atoms with van der Waals surface area (Å²) in [4.78, 5) is 2.50. The van der Waals surface area contributed by atoms with Crippen molar-refractivity contribution >= 4 is 21.4 Å². The maximum Gasteiger partial charge on any atom is 0.175 e. The summed E-state index contributed by atoms with van der Waals surface area (Å²) in [7, 11) is -3.29. The molecule has 2 N–H and O–H groups in total. The van der Waals surface area contributed by atoms with E-state index in [-0.39, 0.29) is 22.8 Å². The van der Waals surface area contributed by atoms with Crippen molar-refractivity contribution in [2.24, 2.45) is 5.73 Å². The average molecular weight is 439 g/mol. The number of benzene rings is 2. The van der Waals surface area contributed by atoms with Crippen LogP contribution in [0.15, 0.2) is 41.3 Å². The largest absolute Gasteiger partial charge is 0.484 e. The highest BCUT2D eigenvalue weighted by Crippen LogP contribution is 2.41. The van der Waals surface area contributed by atoms with Gasteiger partial charge in [0.25, 0.3) is 0 Å². The van der Waals surface area contributed by atoms with Gasteiger partial charge >= 0.3 is 0 Å². The molecular weight excluding hydrogens is 415 g/mol. The summed E-state index contributed by atoms with van der Waals surface area (Å²) in [6, 6.07) is 9.44. The first-order valence-electron chi connectivity index (χ1n) is 9.66. The lowest BCUT2D eigenvalue weighted by molar-refractivity contribution is 0.0592. The highest BCUT2D eigenvalue weighted by molar-refractivity contribution is 7.90. The minimum absolute atomic E-state index is 0.0566. The molecule has 0 amide bonds. The topological polar surface area (TPSA) is 72.6 Å². The quantitative estimate of drug-likeness (QED) is 0.792. The Hall–Kier alpha value is -1.67. The summed E-state index contributed by atoms with van der Waals surface area (Å²) < 4.78 is 44.3. The molecule has 8 heteroatoms. The van der Waals surface area contributed by atoms with Gasteiger partial charge in [-0.1, -0.05) is 11.6 Å². The Morgan fingerprint density at radius 3 is 2.62 bits per heavy atom. The average Bonchev–Trinajstić information content (AvgIpc) is 3.00. The molecule has 156 valence electrons. The first kappa shape index (κ1) is 20.6. The van der Waals surface area contributed by atoms with Gasteiger partial charge in [-0.2, -0.15) is 0 Å². The van der Waals surface area contributed by atoms with Crippen LogP contribution in [-0.2, 0) is 16.3 Å². The molecule has 2 aromatic carbocycles. The van der Waals surface area contributed by atoms with Crippen molar-refractivity contribution < 1.29 is 17.5 Å². The third-order valence-corrected chi connectivity index (χ3v) is 7.08. The van der Waals surface area contributed by atoms with Crippen LogP contribution in [0.3, 0.4) is 0 Å². The third kappa shape index (κ3) is 4.28. The summed E-state index contributed by atoms with van der Waals surface area (Å²) in [5.41, 5.74) is 7.54. The molecule has 0 saturated carbocycles. The Bertz CT molecular complexity index is 1010. The van der Waals surface area contributed by atoms with E-state index in [1.165, 1.54) is 18.2 Å². The molecule has 0 spiro atoms. The summed E-state index contributed by atoms with van der Waals surface area (Å²) in [5.74, 6) is 0.208. The van der Waals surface area contributed by atoms with E-state index in [1.807, 2.05) is 0 Å². The number of ether oxygens (including phenoxy) is 1. The molecule has 0 bridgehead atoms. The summed E-state index contributed by atoms with van der Waals surface area (Å²) in [6.45, 7) is 1.62. The fraction of sp³-hybridized carbons (Fsp3) is 0.429. The van der Waals surface area contributed by atoms with Crippen LogP contribution in [0.2, 0.25) is 5.02 Å². The number of hydrogen-bond donors (Lipinski definition) is 1. The van der Waals surface area contributed by atoms with Crippen LogP contribution in [0.1, 0.15) is 30.1 Å². The van der Waals surface area contributed by atoms with E-state index < -0.39 is 15.9 Å². The Morgan fingerprint density at radius 1 is 1.24 bits per heavy atom. The van der Waals surface area contributed by atoms with Gasteiger partial charge in [0.2, 0.25) is 0 Å². The normalized spacial score (nSPS) is 25.0. The number of piperidine rings is 1. The maximum atomic E-state index is 14.6. The van der Waals surface area contributed by atoms with E-state index in [1.54, 1.807) is 18.2 Å². The van der Waals surface area contributed by atoms with Crippen molar-refractivity contribution in [1.82, 2.24) is 4.90 Å². The summed E-state index contributed by atoms with van der Waals surface area (Å²) in [6.07, 6.45) is 3.25. The second-order valence-corrected chi connectivity index (χ2v) is 10.4. The predicted molar refractivity (Wildman–Crippen MR) is 111 cm³/mol. The number of nitrogens with two attached hydrogens (primary N) is 1. The van der Waals surface area contributed by atoms with Gasteiger partial charge in [-0.05, 0) is 67.8 Å². The fourth-order valence-electron chi connectivity index (χ4n) is 4.33. The van der Waals surface area contributed by atoms with E-state index in [9.17, 15) is 12.8 Å². The monoisotopic (exact) mass is 438 g/mol. The molecule has 1 saturated heterocycles. The number of likely N-dealkylation sites (tertiary alicyclic amines) is 1. The smallest absolute Gasteiger partial charge is 0.175 e. The first-order valence-corrected chi connectivity index (χ1v) is 11.9. The Labute approximate surface area is 175 Å². The standard InChI is InChI=1S/C21H24ClFN2O3S/c1-29(26,27)16-6-4-15(5-7-16)28-21-18-9-13(22)10-19(23)17(18)11-20(21)25-8-2-3-14(24)12-25/h4-7,9-10,14,20-21H,2-3,8,11-12,24H2,1H3/t14-,20-,21-/m1/s1. The molecule has 1 heterocycles. The van der Waals surface area contributed by atoms with Crippen LogP contribution in [-0.4, -0.2) is 44.7 Å². The van der Waals surface area contributed by atoms with Crippen molar-refractivity contribution in [1.29, 1.82) is 0 Å². The molecule has 5 nitrogen and oxygen atoms in total. The lowest BCUT2D eigenvalue weighted by atomic mass is 10.0. The van der Waals surface area contributed by atoms with Gasteiger partial charge in [-0.25, -0.2) is 12.8 Å². The van der Waals surface area contributed by atoms with Crippen LogP contribution in [0.5, 0.6) is 5.75 Å². The molecule has 1 aliphatic heterocycles. The van der Waals surface area contributed by atoms with Gasteiger partial charge in [-0.3, -0.25) is 4.90 Å². The van der Waals surface area contributed by atoms with Gasteiger partial charge in [0.05, 0.1) is 10.9 Å². The van der Waals surface area contributed by atoms with Crippen LogP contribution >= 0.6 is 11.6 Å². The van der Waals surface area contributed by atoms with Crippen molar-refractivity contribution in [3.63, 3.8) is 0 Å². The first-order chi connectivity index (χ1) is 13.7. The second-order valence-electron chi connectivity index (χ2n) is 7.91. The number of nitrogens with zero attached hydrogens (tertiary/aromatic N) is 1. The number of hydrogen-bond acceptors (Lipinski definition) is 5. The second kappa shape index (κ2) is 7.87. The van der Waals surface area contributed by atoms with Crippen molar-refractivity contribution in [2.75, 3.05) is 19.3 Å². The Kier molecular flexibility index (Phi) is 5.59. The zero-order valence-electron chi connectivity index (χ0n) is 16.1. The maximum absolute atomic E-state index is 14.6. The van der Waals surface area contributed by atoms with Gasteiger partial charge in [0, 0.05) is 29.4 Å². The summed E-state index contributed by atoms with van der Waals surface area (Å²) >= 11 is 6.13. The molecule has 0 unspecified atom stereocenters. The zero-order chi connectivity index (χ0) is 20.8. The van der Waals surface area contributed by atoms with E-state index >= 15 is 0 Å². The van der Waals surface area contributed by atoms with Crippen molar-refractivity contribution in [3.8, 4) is 5.75 Å². The van der Waals surface area contributed by atoms with E-state index in [0.29, 0.717) is 22.8 Å². The molecule has 1 fully saturated rings. The predicted octanol–water partition coefficient (Wildman–Crippen LogP) is 3.35. The Morgan fingerprint density at radius 2 is 1.97 bits per heavy atom. The van der Waals surface area contributed by atoms with Gasteiger partial charge in [0.1, 0.15) is 17.7 Å². The third-order valence-electron chi connectivity index (χ3n) is 5.74. The number of rotatable bonds is 4. The molecule has 1 aliphatic carbocycles. The van der Waals surface area contributed by atoms with E-state index in [2.05, 4.69) is 4.90 Å². The molecule has 2 aromatic rings.